The van der Waals surface area contributed by atoms with Crippen molar-refractivity contribution in [3.8, 4) is 0 Å². The van der Waals surface area contributed by atoms with E-state index in [1.807, 2.05) is 37.3 Å². The number of aryl methyl sites for hydroxylation is 3. The normalized spacial score (nSPS) is 12.5. The van der Waals surface area contributed by atoms with Gasteiger partial charge in [-0.05, 0) is 48.6 Å². The number of hydrogen-bond donors (Lipinski definition) is 0. The van der Waals surface area contributed by atoms with Gasteiger partial charge >= 0.3 is 0 Å². The van der Waals surface area contributed by atoms with Crippen LogP contribution in [0.25, 0.3) is 0 Å². The zero-order chi connectivity index (χ0) is 14.2. The van der Waals surface area contributed by atoms with Crippen molar-refractivity contribution in [1.29, 1.82) is 0 Å². The molecule has 100 valence electrons. The Morgan fingerprint density at radius 1 is 1.05 bits per heavy atom. The van der Waals surface area contributed by atoms with Crippen LogP contribution >= 0.6 is 27.5 Å². The van der Waals surface area contributed by atoms with E-state index in [1.54, 1.807) is 13.8 Å². The molecule has 0 amide bonds. The van der Waals surface area contributed by atoms with Gasteiger partial charge in [-0.1, -0.05) is 46.3 Å². The van der Waals surface area contributed by atoms with Gasteiger partial charge in [0.1, 0.15) is 5.82 Å². The van der Waals surface area contributed by atoms with Gasteiger partial charge in [-0.15, -0.1) is 11.6 Å². The largest absolute Gasteiger partial charge is 0.206 e. The Hall–Kier alpha value is -0.860. The molecule has 0 nitrogen and oxygen atoms in total. The van der Waals surface area contributed by atoms with E-state index in [1.165, 1.54) is 0 Å². The third kappa shape index (κ3) is 2.85. The standard InChI is InChI=1S/C16H15BrClF/c1-9-5-4-6-13(14(9)17)15(18)12-7-10(2)16(19)11(3)8-12/h4-8,15H,1-3H3. The first kappa shape index (κ1) is 14.5. The first-order valence-corrected chi connectivity index (χ1v) is 7.30. The number of halogens is 3. The van der Waals surface area contributed by atoms with E-state index in [4.69, 9.17) is 11.6 Å². The molecule has 3 heteroatoms. The second kappa shape index (κ2) is 5.64. The average molecular weight is 342 g/mol. The third-order valence-electron chi connectivity index (χ3n) is 3.25. The van der Waals surface area contributed by atoms with Crippen LogP contribution in [0.4, 0.5) is 4.39 Å². The highest BCUT2D eigenvalue weighted by Gasteiger charge is 2.17. The van der Waals surface area contributed by atoms with Crippen LogP contribution in [0.5, 0.6) is 0 Å². The van der Waals surface area contributed by atoms with E-state index in [0.717, 1.165) is 21.2 Å². The molecular weight excluding hydrogens is 327 g/mol. The molecule has 0 aliphatic heterocycles. The van der Waals surface area contributed by atoms with Crippen LogP contribution < -0.4 is 0 Å². The lowest BCUT2D eigenvalue weighted by Crippen LogP contribution is -1.99. The molecule has 0 spiro atoms. The first-order valence-electron chi connectivity index (χ1n) is 6.07. The number of hydrogen-bond acceptors (Lipinski definition) is 0. The van der Waals surface area contributed by atoms with Gasteiger partial charge in [0.2, 0.25) is 0 Å². The summed E-state index contributed by atoms with van der Waals surface area (Å²) >= 11 is 10.1. The molecular formula is C16H15BrClF. The topological polar surface area (TPSA) is 0 Å². The van der Waals surface area contributed by atoms with Crippen molar-refractivity contribution in [2.75, 3.05) is 0 Å². The Morgan fingerprint density at radius 3 is 2.21 bits per heavy atom. The van der Waals surface area contributed by atoms with Crippen LogP contribution in [0, 0.1) is 26.6 Å². The van der Waals surface area contributed by atoms with Gasteiger partial charge in [-0.2, -0.15) is 0 Å². The number of rotatable bonds is 2. The minimum Gasteiger partial charge on any atom is -0.206 e. The number of benzene rings is 2. The molecule has 1 unspecified atom stereocenters. The summed E-state index contributed by atoms with van der Waals surface area (Å²) in [5, 5.41) is -0.285. The van der Waals surface area contributed by atoms with Crippen molar-refractivity contribution in [3.05, 3.63) is 68.4 Å². The molecule has 2 aromatic rings. The summed E-state index contributed by atoms with van der Waals surface area (Å²) in [7, 11) is 0. The molecule has 0 fully saturated rings. The summed E-state index contributed by atoms with van der Waals surface area (Å²) in [6, 6.07) is 9.62. The van der Waals surface area contributed by atoms with Gasteiger partial charge < -0.3 is 0 Å². The molecule has 0 radical (unpaired) electrons. The lowest BCUT2D eigenvalue weighted by atomic mass is 9.99. The summed E-state index contributed by atoms with van der Waals surface area (Å²) in [4.78, 5) is 0. The van der Waals surface area contributed by atoms with E-state index in [2.05, 4.69) is 15.9 Å². The van der Waals surface area contributed by atoms with Gasteiger partial charge in [0.25, 0.3) is 0 Å². The lowest BCUT2D eigenvalue weighted by molar-refractivity contribution is 0.608. The molecule has 0 aliphatic rings. The summed E-state index contributed by atoms with van der Waals surface area (Å²) < 4.78 is 14.7. The predicted octanol–water partition coefficient (Wildman–Crippen LogP) is 5.84. The lowest BCUT2D eigenvalue weighted by Gasteiger charge is -2.15. The summed E-state index contributed by atoms with van der Waals surface area (Å²) in [6.45, 7) is 5.56. The van der Waals surface area contributed by atoms with E-state index >= 15 is 0 Å². The Kier molecular flexibility index (Phi) is 4.32. The summed E-state index contributed by atoms with van der Waals surface area (Å²) in [5.41, 5.74) is 4.32. The van der Waals surface area contributed by atoms with Gasteiger partial charge in [0.15, 0.2) is 0 Å². The molecule has 0 heterocycles. The van der Waals surface area contributed by atoms with Gasteiger partial charge in [-0.25, -0.2) is 4.39 Å². The molecule has 0 aliphatic carbocycles. The molecule has 2 aromatic carbocycles. The Morgan fingerprint density at radius 2 is 1.63 bits per heavy atom. The quantitative estimate of drug-likeness (QED) is 0.602. The molecule has 0 saturated heterocycles. The van der Waals surface area contributed by atoms with E-state index in [0.29, 0.717) is 11.1 Å². The van der Waals surface area contributed by atoms with Crippen LogP contribution in [0.15, 0.2) is 34.8 Å². The molecule has 19 heavy (non-hydrogen) atoms. The number of alkyl halides is 1. The van der Waals surface area contributed by atoms with Crippen LogP contribution in [0.2, 0.25) is 0 Å². The second-order valence-corrected chi connectivity index (χ2v) is 6.04. The van der Waals surface area contributed by atoms with Crippen molar-refractivity contribution < 1.29 is 4.39 Å². The second-order valence-electron chi connectivity index (χ2n) is 4.81. The smallest absolute Gasteiger partial charge is 0.129 e. The van der Waals surface area contributed by atoms with E-state index in [-0.39, 0.29) is 11.2 Å². The van der Waals surface area contributed by atoms with Crippen molar-refractivity contribution >= 4 is 27.5 Å². The molecule has 0 saturated carbocycles. The molecule has 2 rings (SSSR count). The fraction of sp³-hybridized carbons (Fsp3) is 0.250. The van der Waals surface area contributed by atoms with Crippen LogP contribution in [-0.4, -0.2) is 0 Å². The highest BCUT2D eigenvalue weighted by Crippen LogP contribution is 2.36. The van der Waals surface area contributed by atoms with Crippen molar-refractivity contribution in [2.45, 2.75) is 26.1 Å². The minimum atomic E-state index is -0.285. The van der Waals surface area contributed by atoms with Gasteiger partial charge in [0, 0.05) is 4.47 Å². The van der Waals surface area contributed by atoms with Crippen molar-refractivity contribution in [2.24, 2.45) is 0 Å². The fourth-order valence-electron chi connectivity index (χ4n) is 2.17. The fourth-order valence-corrected chi connectivity index (χ4v) is 3.10. The maximum absolute atomic E-state index is 13.7. The maximum Gasteiger partial charge on any atom is 0.129 e. The highest BCUT2D eigenvalue weighted by atomic mass is 79.9. The Bertz CT molecular complexity index is 599. The van der Waals surface area contributed by atoms with Gasteiger partial charge in [-0.3, -0.25) is 0 Å². The highest BCUT2D eigenvalue weighted by molar-refractivity contribution is 9.10. The SMILES string of the molecule is Cc1cc(C(Cl)c2cccc(C)c2Br)cc(C)c1F. The molecule has 1 atom stereocenters. The van der Waals surface area contributed by atoms with Crippen molar-refractivity contribution in [3.63, 3.8) is 0 Å². The van der Waals surface area contributed by atoms with Crippen LogP contribution in [0.3, 0.4) is 0 Å². The average Bonchev–Trinajstić information content (AvgIpc) is 2.38. The zero-order valence-corrected chi connectivity index (χ0v) is 13.4. The Labute approximate surface area is 126 Å². The van der Waals surface area contributed by atoms with Crippen LogP contribution in [-0.2, 0) is 0 Å². The predicted molar refractivity (Wildman–Crippen MR) is 82.4 cm³/mol. The first-order chi connectivity index (χ1) is 8.91. The molecule has 0 aromatic heterocycles. The van der Waals surface area contributed by atoms with Crippen LogP contribution in [0.1, 0.15) is 33.2 Å². The monoisotopic (exact) mass is 340 g/mol. The molecule has 0 bridgehead atoms. The Balaban J connectivity index is 2.50. The summed E-state index contributed by atoms with van der Waals surface area (Å²) in [5.74, 6) is -0.157. The van der Waals surface area contributed by atoms with E-state index < -0.39 is 0 Å². The molecule has 0 N–H and O–H groups in total. The minimum absolute atomic E-state index is 0.157. The van der Waals surface area contributed by atoms with E-state index in [9.17, 15) is 4.39 Å². The maximum atomic E-state index is 13.7. The van der Waals surface area contributed by atoms with Gasteiger partial charge in [0.05, 0.1) is 5.38 Å². The third-order valence-corrected chi connectivity index (χ3v) is 4.82. The van der Waals surface area contributed by atoms with Crippen molar-refractivity contribution in [1.82, 2.24) is 0 Å². The zero-order valence-electron chi connectivity index (χ0n) is 11.1. The summed E-state index contributed by atoms with van der Waals surface area (Å²) in [6.07, 6.45) is 0.